The zero-order valence-corrected chi connectivity index (χ0v) is 20.4. The summed E-state index contributed by atoms with van der Waals surface area (Å²) in [4.78, 5) is 36.3. The molecule has 0 saturated heterocycles. The Bertz CT molecular complexity index is 1360. The minimum Gasteiger partial charge on any atom is -0.497 e. The minimum absolute atomic E-state index is 0.240. The maximum atomic E-state index is 12.6. The molecule has 2 aromatic carbocycles. The van der Waals surface area contributed by atoms with Crippen molar-refractivity contribution >= 4 is 29.5 Å². The Balaban J connectivity index is 1.73. The van der Waals surface area contributed by atoms with Crippen LogP contribution in [-0.4, -0.2) is 35.6 Å². The fraction of sp³-hybridized carbons (Fsp3) is 0.185. The van der Waals surface area contributed by atoms with E-state index in [2.05, 4.69) is 5.32 Å². The van der Waals surface area contributed by atoms with Gasteiger partial charge in [-0.25, -0.2) is 4.79 Å². The number of methoxy groups -OCH3 is 1. The molecule has 3 aromatic rings. The molecule has 1 heterocycles. The van der Waals surface area contributed by atoms with E-state index in [4.69, 9.17) is 15.2 Å². The van der Waals surface area contributed by atoms with Crippen LogP contribution in [0.5, 0.6) is 5.75 Å². The van der Waals surface area contributed by atoms with Gasteiger partial charge < -0.3 is 25.1 Å². The van der Waals surface area contributed by atoms with Gasteiger partial charge in [-0.2, -0.15) is 5.26 Å². The zero-order chi connectivity index (χ0) is 26.4. The van der Waals surface area contributed by atoms with Gasteiger partial charge in [0.15, 0.2) is 6.10 Å². The van der Waals surface area contributed by atoms with Crippen LogP contribution in [0.2, 0.25) is 0 Å². The fourth-order valence-electron chi connectivity index (χ4n) is 3.59. The van der Waals surface area contributed by atoms with E-state index >= 15 is 0 Å². The number of amides is 2. The lowest BCUT2D eigenvalue weighted by atomic mass is 10.1. The summed E-state index contributed by atoms with van der Waals surface area (Å²) in [7, 11) is 1.60. The number of anilines is 1. The van der Waals surface area contributed by atoms with Gasteiger partial charge in [0.05, 0.1) is 7.11 Å². The van der Waals surface area contributed by atoms with E-state index in [1.165, 1.54) is 37.3 Å². The van der Waals surface area contributed by atoms with Crippen molar-refractivity contribution < 1.29 is 23.9 Å². The van der Waals surface area contributed by atoms with E-state index in [1.54, 1.807) is 7.11 Å². The van der Waals surface area contributed by atoms with E-state index in [-0.39, 0.29) is 5.57 Å². The van der Waals surface area contributed by atoms with Gasteiger partial charge in [0.2, 0.25) is 5.91 Å². The molecule has 0 aliphatic rings. The second-order valence-electron chi connectivity index (χ2n) is 8.01. The molecule has 1 unspecified atom stereocenters. The van der Waals surface area contributed by atoms with Crippen molar-refractivity contribution in [1.29, 1.82) is 5.26 Å². The molecule has 2 amide bonds. The smallest absolute Gasteiger partial charge is 0.349 e. The quantitative estimate of drug-likeness (QED) is 0.283. The number of hydrogen-bond acceptors (Lipinski definition) is 6. The Hall–Kier alpha value is -4.84. The lowest BCUT2D eigenvalue weighted by molar-refractivity contribution is -0.148. The summed E-state index contributed by atoms with van der Waals surface area (Å²) in [5.74, 6) is -1.36. The Kier molecular flexibility index (Phi) is 7.92. The lowest BCUT2D eigenvalue weighted by Crippen LogP contribution is -2.30. The van der Waals surface area contributed by atoms with Gasteiger partial charge in [-0.1, -0.05) is 0 Å². The van der Waals surface area contributed by atoms with Crippen LogP contribution < -0.4 is 15.8 Å². The Morgan fingerprint density at radius 1 is 1.08 bits per heavy atom. The number of esters is 1. The summed E-state index contributed by atoms with van der Waals surface area (Å²) in [6.45, 7) is 5.19. The van der Waals surface area contributed by atoms with Crippen LogP contribution in [0, 0.1) is 25.2 Å². The van der Waals surface area contributed by atoms with Crippen LogP contribution in [0.4, 0.5) is 5.69 Å². The highest BCUT2D eigenvalue weighted by molar-refractivity contribution is 6.01. The highest BCUT2D eigenvalue weighted by atomic mass is 16.5. The van der Waals surface area contributed by atoms with Gasteiger partial charge >= 0.3 is 5.97 Å². The normalized spacial score (nSPS) is 11.8. The van der Waals surface area contributed by atoms with Crippen LogP contribution in [-0.2, 0) is 14.3 Å². The van der Waals surface area contributed by atoms with Crippen LogP contribution in [0.25, 0.3) is 11.8 Å². The maximum absolute atomic E-state index is 12.6. The molecule has 0 saturated carbocycles. The standard InChI is InChI=1S/C27H26N4O5/c1-16-13-20(17(2)31(16)23-9-11-24(35-4)12-10-23)14-21(15-28)27(34)36-18(3)26(33)30-22-7-5-19(6-8-22)25(29)32/h5-14,18H,1-4H3,(H2,29,32)(H,30,33)/b21-14+. The molecule has 1 atom stereocenters. The van der Waals surface area contributed by atoms with Crippen molar-refractivity contribution in [2.45, 2.75) is 26.9 Å². The fourth-order valence-corrected chi connectivity index (χ4v) is 3.59. The number of benzene rings is 2. The third kappa shape index (κ3) is 5.80. The number of carbonyl (C=O) groups is 3. The summed E-state index contributed by atoms with van der Waals surface area (Å²) < 4.78 is 12.4. The molecule has 3 N–H and O–H groups in total. The summed E-state index contributed by atoms with van der Waals surface area (Å²) in [6, 6.07) is 17.2. The lowest BCUT2D eigenvalue weighted by Gasteiger charge is -2.13. The molecule has 0 bridgehead atoms. The number of carbonyl (C=O) groups excluding carboxylic acids is 3. The summed E-state index contributed by atoms with van der Waals surface area (Å²) in [5, 5.41) is 12.2. The number of aryl methyl sites for hydroxylation is 1. The molecule has 0 aliphatic carbocycles. The monoisotopic (exact) mass is 486 g/mol. The van der Waals surface area contributed by atoms with Gasteiger partial charge in [-0.05, 0) is 87.0 Å². The molecule has 184 valence electrons. The third-order valence-corrected chi connectivity index (χ3v) is 5.53. The number of rotatable bonds is 8. The van der Waals surface area contributed by atoms with Crippen molar-refractivity contribution in [1.82, 2.24) is 4.57 Å². The number of nitriles is 1. The molecule has 9 heteroatoms. The second kappa shape index (κ2) is 11.1. The van der Waals surface area contributed by atoms with Gasteiger partial charge in [0.25, 0.3) is 5.91 Å². The van der Waals surface area contributed by atoms with E-state index in [0.29, 0.717) is 16.8 Å². The van der Waals surface area contributed by atoms with Crippen LogP contribution in [0.1, 0.15) is 34.2 Å². The Labute approximate surface area is 208 Å². The molecule has 36 heavy (non-hydrogen) atoms. The molecule has 1 aromatic heterocycles. The molecule has 0 aliphatic heterocycles. The zero-order valence-electron chi connectivity index (χ0n) is 20.4. The molecule has 0 radical (unpaired) electrons. The average molecular weight is 487 g/mol. The molecule has 3 rings (SSSR count). The van der Waals surface area contributed by atoms with Crippen LogP contribution in [0.3, 0.4) is 0 Å². The second-order valence-corrected chi connectivity index (χ2v) is 8.01. The number of nitrogens with zero attached hydrogens (tertiary/aromatic N) is 2. The molecular formula is C27H26N4O5. The summed E-state index contributed by atoms with van der Waals surface area (Å²) >= 11 is 0. The number of nitrogens with two attached hydrogens (primary N) is 1. The van der Waals surface area contributed by atoms with Crippen molar-refractivity contribution in [2.75, 3.05) is 12.4 Å². The number of nitrogens with one attached hydrogen (secondary N) is 1. The largest absolute Gasteiger partial charge is 0.497 e. The highest BCUT2D eigenvalue weighted by Gasteiger charge is 2.21. The number of ether oxygens (including phenoxy) is 2. The van der Waals surface area contributed by atoms with Crippen molar-refractivity contribution in [3.63, 3.8) is 0 Å². The molecule has 9 nitrogen and oxygen atoms in total. The number of primary amides is 1. The first-order valence-corrected chi connectivity index (χ1v) is 11.0. The maximum Gasteiger partial charge on any atom is 0.349 e. The molecule has 0 spiro atoms. The summed E-state index contributed by atoms with van der Waals surface area (Å²) in [6.07, 6.45) is 0.273. The van der Waals surface area contributed by atoms with Gasteiger partial charge in [-0.3, -0.25) is 9.59 Å². The first-order chi connectivity index (χ1) is 17.1. The van der Waals surface area contributed by atoms with Crippen LogP contribution in [0.15, 0.2) is 60.2 Å². The Morgan fingerprint density at radius 3 is 2.28 bits per heavy atom. The average Bonchev–Trinajstić information content (AvgIpc) is 3.15. The van der Waals surface area contributed by atoms with Crippen molar-refractivity contribution in [3.05, 3.63) is 82.7 Å². The minimum atomic E-state index is -1.17. The van der Waals surface area contributed by atoms with E-state index in [0.717, 1.165) is 22.8 Å². The van der Waals surface area contributed by atoms with Crippen molar-refractivity contribution in [2.24, 2.45) is 5.73 Å². The van der Waals surface area contributed by atoms with Gasteiger partial charge in [-0.15, -0.1) is 0 Å². The van der Waals surface area contributed by atoms with Gasteiger partial charge in [0.1, 0.15) is 17.4 Å². The van der Waals surface area contributed by atoms with E-state index in [9.17, 15) is 19.6 Å². The molecule has 0 fully saturated rings. The van der Waals surface area contributed by atoms with E-state index in [1.807, 2.05) is 54.8 Å². The van der Waals surface area contributed by atoms with Crippen molar-refractivity contribution in [3.8, 4) is 17.5 Å². The summed E-state index contributed by atoms with van der Waals surface area (Å²) in [5.41, 5.74) is 8.96. The first-order valence-electron chi connectivity index (χ1n) is 11.0. The van der Waals surface area contributed by atoms with E-state index < -0.39 is 23.9 Å². The SMILES string of the molecule is COc1ccc(-n2c(C)cc(/C=C(\C#N)C(=O)OC(C)C(=O)Nc3ccc(C(N)=O)cc3)c2C)cc1. The number of hydrogen-bond donors (Lipinski definition) is 2. The third-order valence-electron chi connectivity index (χ3n) is 5.53. The predicted octanol–water partition coefficient (Wildman–Crippen LogP) is 3.68. The van der Waals surface area contributed by atoms with Gasteiger partial charge in [0, 0.05) is 28.3 Å². The van der Waals surface area contributed by atoms with Crippen LogP contribution >= 0.6 is 0 Å². The first kappa shape index (κ1) is 25.8. The topological polar surface area (TPSA) is 136 Å². The highest BCUT2D eigenvalue weighted by Crippen LogP contribution is 2.24. The molecular weight excluding hydrogens is 460 g/mol. The predicted molar refractivity (Wildman–Crippen MR) is 135 cm³/mol. The Morgan fingerprint density at radius 2 is 1.72 bits per heavy atom. The number of aromatic nitrogens is 1.